The Morgan fingerprint density at radius 1 is 0.915 bits per heavy atom. The number of nitrogens with one attached hydrogen (secondary N) is 3. The summed E-state index contributed by atoms with van der Waals surface area (Å²) in [5.74, 6) is 1.38. The molecule has 1 aromatic carbocycles. The molecule has 3 amide bonds. The van der Waals surface area contributed by atoms with Gasteiger partial charge in [-0.05, 0) is 42.7 Å². The zero-order valence-electron chi connectivity index (χ0n) is 26.5. The second-order valence-electron chi connectivity index (χ2n) is 12.4. The van der Waals surface area contributed by atoms with Crippen molar-refractivity contribution in [1.29, 1.82) is 0 Å². The van der Waals surface area contributed by atoms with E-state index < -0.39 is 12.1 Å². The van der Waals surface area contributed by atoms with E-state index in [1.54, 1.807) is 22.7 Å². The second-order valence-corrected chi connectivity index (χ2v) is 14.2. The number of rotatable bonds is 9. The van der Waals surface area contributed by atoms with Crippen LogP contribution in [-0.4, -0.2) is 74.4 Å². The standard InChI is InChI=1S/C34H37N7O4S2/c1-19(2)28(39-34(44)45-3)33(43)41-13-5-7-27(41)32-35-14-24(37-32)21-10-8-20(9-11-21)22-16-46-30-23(17-47-29(22)30)25-15-36-31(38-25)26-6-4-12-40(26)18-42/h8-11,14-19,26-28H,4-7,12-13H2,1-3H3,(H,35,37)(H,36,38)(H,39,44). The number of carbonyl (C=O) groups excluding carboxylic acids is 3. The van der Waals surface area contributed by atoms with E-state index in [0.717, 1.165) is 78.4 Å². The predicted octanol–water partition coefficient (Wildman–Crippen LogP) is 6.75. The summed E-state index contributed by atoms with van der Waals surface area (Å²) in [6.45, 7) is 5.21. The third kappa shape index (κ3) is 5.82. The van der Waals surface area contributed by atoms with Gasteiger partial charge >= 0.3 is 6.09 Å². The fraction of sp³-hybridized carbons (Fsp3) is 0.382. The molecular weight excluding hydrogens is 635 g/mol. The average molecular weight is 672 g/mol. The molecule has 3 unspecified atom stereocenters. The average Bonchev–Trinajstić information content (AvgIpc) is 3.92. The number of aromatic nitrogens is 4. The van der Waals surface area contributed by atoms with Crippen molar-refractivity contribution in [3.05, 3.63) is 59.1 Å². The highest BCUT2D eigenvalue weighted by atomic mass is 32.1. The predicted molar refractivity (Wildman–Crippen MR) is 183 cm³/mol. The number of imidazole rings is 2. The van der Waals surface area contributed by atoms with Gasteiger partial charge in [0.2, 0.25) is 12.3 Å². The van der Waals surface area contributed by atoms with Crippen LogP contribution in [0.5, 0.6) is 0 Å². The molecule has 4 aromatic heterocycles. The molecule has 0 aliphatic carbocycles. The molecule has 0 spiro atoms. The van der Waals surface area contributed by atoms with Crippen molar-refractivity contribution in [1.82, 2.24) is 35.1 Å². The fourth-order valence-electron chi connectivity index (χ4n) is 6.73. The van der Waals surface area contributed by atoms with Gasteiger partial charge in [-0.2, -0.15) is 0 Å². The van der Waals surface area contributed by atoms with Gasteiger partial charge in [-0.25, -0.2) is 14.8 Å². The van der Waals surface area contributed by atoms with Crippen molar-refractivity contribution < 1.29 is 19.1 Å². The normalized spacial score (nSPS) is 18.7. The number of methoxy groups -OCH3 is 1. The molecule has 3 N–H and O–H groups in total. The quantitative estimate of drug-likeness (QED) is 0.148. The minimum atomic E-state index is -0.670. The van der Waals surface area contributed by atoms with Crippen molar-refractivity contribution in [2.75, 3.05) is 20.2 Å². The third-order valence-electron chi connectivity index (χ3n) is 9.26. The Hall–Kier alpha value is -4.49. The van der Waals surface area contributed by atoms with Crippen molar-refractivity contribution in [2.24, 2.45) is 5.92 Å². The summed E-state index contributed by atoms with van der Waals surface area (Å²) in [5.41, 5.74) is 6.34. The number of alkyl carbamates (subject to hydrolysis) is 1. The van der Waals surface area contributed by atoms with Crippen LogP contribution >= 0.6 is 22.7 Å². The number of hydrogen-bond donors (Lipinski definition) is 3. The minimum Gasteiger partial charge on any atom is -0.453 e. The Morgan fingerprint density at radius 3 is 2.26 bits per heavy atom. The third-order valence-corrected chi connectivity index (χ3v) is 11.4. The van der Waals surface area contributed by atoms with Crippen LogP contribution in [0.25, 0.3) is 43.0 Å². The zero-order chi connectivity index (χ0) is 32.7. The first-order valence-corrected chi connectivity index (χ1v) is 17.7. The number of H-pyrrole nitrogens is 2. The van der Waals surface area contributed by atoms with Crippen LogP contribution in [0.1, 0.15) is 63.3 Å². The summed E-state index contributed by atoms with van der Waals surface area (Å²) in [7, 11) is 1.30. The Labute approximate surface area is 280 Å². The van der Waals surface area contributed by atoms with Gasteiger partial charge in [-0.3, -0.25) is 9.59 Å². The molecule has 47 heavy (non-hydrogen) atoms. The number of nitrogens with zero attached hydrogens (tertiary/aromatic N) is 4. The first-order valence-electron chi connectivity index (χ1n) is 15.9. The van der Waals surface area contributed by atoms with Crippen molar-refractivity contribution >= 4 is 50.5 Å². The molecule has 0 saturated carbocycles. The molecule has 11 nitrogen and oxygen atoms in total. The van der Waals surface area contributed by atoms with Crippen LogP contribution in [0.15, 0.2) is 47.4 Å². The molecule has 2 aliphatic rings. The number of fused-ring (bicyclic) bond motifs is 1. The number of thiophene rings is 2. The number of benzene rings is 1. The van der Waals surface area contributed by atoms with Crippen LogP contribution in [-0.2, 0) is 14.3 Å². The molecule has 0 bridgehead atoms. The van der Waals surface area contributed by atoms with Crippen LogP contribution < -0.4 is 5.32 Å². The first-order chi connectivity index (χ1) is 22.9. The van der Waals surface area contributed by atoms with E-state index in [-0.39, 0.29) is 23.9 Å². The van der Waals surface area contributed by atoms with E-state index in [0.29, 0.717) is 6.54 Å². The van der Waals surface area contributed by atoms with E-state index >= 15 is 0 Å². The van der Waals surface area contributed by atoms with Gasteiger partial charge in [0.05, 0.1) is 52.4 Å². The summed E-state index contributed by atoms with van der Waals surface area (Å²) in [6, 6.07) is 7.63. The number of ether oxygens (including phenoxy) is 1. The molecule has 244 valence electrons. The number of hydrogen-bond acceptors (Lipinski definition) is 8. The van der Waals surface area contributed by atoms with Crippen LogP contribution in [0.4, 0.5) is 4.79 Å². The molecule has 2 aliphatic heterocycles. The van der Waals surface area contributed by atoms with Gasteiger partial charge in [-0.1, -0.05) is 38.1 Å². The Kier molecular flexibility index (Phi) is 8.58. The van der Waals surface area contributed by atoms with Crippen LogP contribution in [0.2, 0.25) is 0 Å². The van der Waals surface area contributed by atoms with Gasteiger partial charge in [-0.15, -0.1) is 22.7 Å². The maximum Gasteiger partial charge on any atom is 0.407 e. The summed E-state index contributed by atoms with van der Waals surface area (Å²) in [4.78, 5) is 56.8. The highest BCUT2D eigenvalue weighted by Crippen LogP contribution is 2.44. The van der Waals surface area contributed by atoms with Crippen LogP contribution in [0.3, 0.4) is 0 Å². The number of carbonyl (C=O) groups is 3. The lowest BCUT2D eigenvalue weighted by atomic mass is 10.0. The highest BCUT2D eigenvalue weighted by Gasteiger charge is 2.37. The lowest BCUT2D eigenvalue weighted by Gasteiger charge is -2.30. The lowest BCUT2D eigenvalue weighted by molar-refractivity contribution is -0.135. The zero-order valence-corrected chi connectivity index (χ0v) is 28.1. The Balaban J connectivity index is 1.07. The van der Waals surface area contributed by atoms with Crippen molar-refractivity contribution in [2.45, 2.75) is 57.7 Å². The molecule has 13 heteroatoms. The molecule has 6 heterocycles. The fourth-order valence-corrected chi connectivity index (χ4v) is 9.17. The SMILES string of the molecule is COC(=O)NC(C(=O)N1CCCC1c1ncc(-c2ccc(-c3csc4c(-c5cnc(C6CCCN6C=O)[nH]5)csc34)cc2)[nH]1)C(C)C. The van der Waals surface area contributed by atoms with Gasteiger partial charge in [0.1, 0.15) is 17.7 Å². The number of amides is 3. The molecule has 7 rings (SSSR count). The van der Waals surface area contributed by atoms with Gasteiger partial charge in [0, 0.05) is 35.0 Å². The molecular formula is C34H37N7O4S2. The number of aromatic amines is 2. The Bertz CT molecular complexity index is 1910. The van der Waals surface area contributed by atoms with E-state index in [4.69, 9.17) is 4.74 Å². The monoisotopic (exact) mass is 671 g/mol. The molecule has 3 atom stereocenters. The smallest absolute Gasteiger partial charge is 0.407 e. The lowest BCUT2D eigenvalue weighted by Crippen LogP contribution is -2.51. The topological polar surface area (TPSA) is 136 Å². The summed E-state index contributed by atoms with van der Waals surface area (Å²) in [5, 5.41) is 7.09. The van der Waals surface area contributed by atoms with Gasteiger partial charge in [0.15, 0.2) is 0 Å². The van der Waals surface area contributed by atoms with E-state index in [1.807, 2.05) is 36.0 Å². The van der Waals surface area contributed by atoms with Crippen molar-refractivity contribution in [3.63, 3.8) is 0 Å². The van der Waals surface area contributed by atoms with Gasteiger partial charge in [0.25, 0.3) is 0 Å². The largest absolute Gasteiger partial charge is 0.453 e. The molecule has 2 fully saturated rings. The summed E-state index contributed by atoms with van der Waals surface area (Å²) in [6.07, 6.45) is 7.61. The van der Waals surface area contributed by atoms with Crippen LogP contribution in [0, 0.1) is 5.92 Å². The second kappa shape index (κ2) is 13.0. The minimum absolute atomic E-state index is 0.0194. The highest BCUT2D eigenvalue weighted by molar-refractivity contribution is 7.27. The first kappa shape index (κ1) is 31.1. The molecule has 0 radical (unpaired) electrons. The van der Waals surface area contributed by atoms with E-state index in [1.165, 1.54) is 22.1 Å². The van der Waals surface area contributed by atoms with Gasteiger partial charge < -0.3 is 29.8 Å². The maximum atomic E-state index is 13.5. The van der Waals surface area contributed by atoms with Crippen molar-refractivity contribution in [3.8, 4) is 33.6 Å². The maximum absolute atomic E-state index is 13.5. The Morgan fingerprint density at radius 2 is 1.53 bits per heavy atom. The summed E-state index contributed by atoms with van der Waals surface area (Å²) >= 11 is 3.46. The molecule has 2 saturated heterocycles. The molecule has 5 aromatic rings. The summed E-state index contributed by atoms with van der Waals surface area (Å²) < 4.78 is 7.21. The number of likely N-dealkylation sites (tertiary alicyclic amines) is 2. The van der Waals surface area contributed by atoms with E-state index in [2.05, 4.69) is 60.3 Å². The van der Waals surface area contributed by atoms with E-state index in [9.17, 15) is 14.4 Å².